The molecule has 0 aliphatic carbocycles. The minimum absolute atomic E-state index is 0.170. The molecule has 0 saturated carbocycles. The molecule has 0 bridgehead atoms. The zero-order valence-electron chi connectivity index (χ0n) is 19.4. The summed E-state index contributed by atoms with van der Waals surface area (Å²) in [7, 11) is 0. The number of carbonyl (C=O) groups excluding carboxylic acids is 3. The summed E-state index contributed by atoms with van der Waals surface area (Å²) >= 11 is 1.07. The van der Waals surface area contributed by atoms with Crippen molar-refractivity contribution in [2.75, 3.05) is 25.0 Å². The molecule has 0 aliphatic heterocycles. The molecule has 0 spiro atoms. The van der Waals surface area contributed by atoms with Gasteiger partial charge >= 0.3 is 5.97 Å². The van der Waals surface area contributed by atoms with Crippen LogP contribution in [-0.4, -0.2) is 47.5 Å². The van der Waals surface area contributed by atoms with E-state index in [9.17, 15) is 14.4 Å². The van der Waals surface area contributed by atoms with E-state index in [1.165, 1.54) is 0 Å². The van der Waals surface area contributed by atoms with E-state index >= 15 is 0 Å². The number of nitrogens with one attached hydrogen (secondary N) is 1. The van der Waals surface area contributed by atoms with Crippen LogP contribution in [0.2, 0.25) is 0 Å². The Balaban J connectivity index is 2.04. The molecule has 174 valence electrons. The number of carbonyl (C=O) groups is 3. The maximum atomic E-state index is 13.3. The van der Waals surface area contributed by atoms with E-state index in [4.69, 9.17) is 9.26 Å². The van der Waals surface area contributed by atoms with E-state index in [1.54, 1.807) is 25.7 Å². The van der Waals surface area contributed by atoms with Gasteiger partial charge in [0, 0.05) is 18.7 Å². The highest BCUT2D eigenvalue weighted by Crippen LogP contribution is 2.36. The number of hydrogen-bond acceptors (Lipinski definition) is 7. The van der Waals surface area contributed by atoms with Crippen LogP contribution in [0.5, 0.6) is 0 Å². The van der Waals surface area contributed by atoms with Crippen molar-refractivity contribution in [3.8, 4) is 11.3 Å². The largest absolute Gasteiger partial charge is 0.462 e. The lowest BCUT2D eigenvalue weighted by atomic mass is 10.1. The number of ether oxygens (including phenoxy) is 1. The molecule has 0 saturated heterocycles. The number of benzene rings is 1. The molecule has 2 heterocycles. The average molecular weight is 470 g/mol. The molecular weight excluding hydrogens is 442 g/mol. The summed E-state index contributed by atoms with van der Waals surface area (Å²) in [4.78, 5) is 41.1. The van der Waals surface area contributed by atoms with Crippen molar-refractivity contribution in [1.82, 2.24) is 10.1 Å². The molecule has 1 N–H and O–H groups in total. The van der Waals surface area contributed by atoms with Crippen molar-refractivity contribution in [3.05, 3.63) is 57.7 Å². The van der Waals surface area contributed by atoms with Gasteiger partial charge in [0.1, 0.15) is 22.0 Å². The predicted molar refractivity (Wildman–Crippen MR) is 127 cm³/mol. The summed E-state index contributed by atoms with van der Waals surface area (Å²) in [5.41, 5.74) is 2.05. The van der Waals surface area contributed by atoms with Crippen LogP contribution in [0.25, 0.3) is 11.3 Å². The third-order valence-electron chi connectivity index (χ3n) is 5.24. The molecule has 0 atom stereocenters. The molecule has 3 rings (SSSR count). The normalized spacial score (nSPS) is 10.7. The summed E-state index contributed by atoms with van der Waals surface area (Å²) in [6, 6.07) is 9.20. The van der Waals surface area contributed by atoms with E-state index in [1.807, 2.05) is 44.2 Å². The molecule has 0 aliphatic rings. The molecule has 2 aromatic heterocycles. The Morgan fingerprint density at radius 3 is 2.33 bits per heavy atom. The molecule has 0 fully saturated rings. The SMILES string of the molecule is CCOC(=O)c1c(NC(=O)c2c(-c3ccccc3)noc2C)sc(C(=O)N(CC)CC)c1C. The molecular formula is C24H27N3O5S. The third kappa shape index (κ3) is 4.83. The fraction of sp³-hybridized carbons (Fsp3) is 0.333. The number of rotatable bonds is 8. The summed E-state index contributed by atoms with van der Waals surface area (Å²) < 4.78 is 10.5. The first kappa shape index (κ1) is 24.2. The first-order valence-electron chi connectivity index (χ1n) is 10.8. The monoisotopic (exact) mass is 469 g/mol. The van der Waals surface area contributed by atoms with Crippen LogP contribution in [-0.2, 0) is 4.74 Å². The van der Waals surface area contributed by atoms with E-state index in [-0.39, 0.29) is 28.6 Å². The topological polar surface area (TPSA) is 102 Å². The highest BCUT2D eigenvalue weighted by molar-refractivity contribution is 7.18. The average Bonchev–Trinajstić information content (AvgIpc) is 3.35. The van der Waals surface area contributed by atoms with Gasteiger partial charge in [-0.15, -0.1) is 11.3 Å². The summed E-state index contributed by atoms with van der Waals surface area (Å²) in [5.74, 6) is -0.928. The fourth-order valence-electron chi connectivity index (χ4n) is 3.51. The number of esters is 1. The summed E-state index contributed by atoms with van der Waals surface area (Å²) in [6.45, 7) is 10.0. The minimum atomic E-state index is -0.592. The van der Waals surface area contributed by atoms with E-state index < -0.39 is 11.9 Å². The number of nitrogens with zero attached hydrogens (tertiary/aromatic N) is 2. The van der Waals surface area contributed by atoms with Crippen LogP contribution < -0.4 is 5.32 Å². The lowest BCUT2D eigenvalue weighted by Crippen LogP contribution is -2.30. The number of thiophene rings is 1. The molecule has 1 aromatic carbocycles. The van der Waals surface area contributed by atoms with Crippen LogP contribution in [0, 0.1) is 13.8 Å². The van der Waals surface area contributed by atoms with Gasteiger partial charge in [0.15, 0.2) is 0 Å². The van der Waals surface area contributed by atoms with Crippen molar-refractivity contribution < 1.29 is 23.6 Å². The standard InChI is InChI=1S/C24H27N3O5S/c1-6-27(7-2)23(29)20-14(4)17(24(30)31-8-3)22(33-20)25-21(28)18-15(5)32-26-19(18)16-12-10-9-11-13-16/h9-13H,6-8H2,1-5H3,(H,25,28). The van der Waals surface area contributed by atoms with Crippen LogP contribution in [0.1, 0.15) is 62.5 Å². The zero-order chi connectivity index (χ0) is 24.1. The van der Waals surface area contributed by atoms with Crippen molar-refractivity contribution >= 4 is 34.1 Å². The van der Waals surface area contributed by atoms with Gasteiger partial charge in [-0.1, -0.05) is 35.5 Å². The van der Waals surface area contributed by atoms with Gasteiger partial charge in [-0.25, -0.2) is 4.79 Å². The van der Waals surface area contributed by atoms with E-state index in [0.29, 0.717) is 35.0 Å². The molecule has 33 heavy (non-hydrogen) atoms. The van der Waals surface area contributed by atoms with Gasteiger partial charge in [-0.05, 0) is 40.2 Å². The van der Waals surface area contributed by atoms with Crippen LogP contribution in [0.4, 0.5) is 5.00 Å². The lowest BCUT2D eigenvalue weighted by molar-refractivity contribution is 0.0527. The highest BCUT2D eigenvalue weighted by atomic mass is 32.1. The molecule has 9 heteroatoms. The maximum absolute atomic E-state index is 13.3. The Bertz CT molecular complexity index is 1160. The number of amides is 2. The first-order valence-corrected chi connectivity index (χ1v) is 11.6. The van der Waals surface area contributed by atoms with Crippen molar-refractivity contribution in [2.45, 2.75) is 34.6 Å². The first-order chi connectivity index (χ1) is 15.8. The number of hydrogen-bond donors (Lipinski definition) is 1. The number of aromatic nitrogens is 1. The van der Waals surface area contributed by atoms with Crippen molar-refractivity contribution in [1.29, 1.82) is 0 Å². The third-order valence-corrected chi connectivity index (χ3v) is 6.43. The highest BCUT2D eigenvalue weighted by Gasteiger charge is 2.30. The lowest BCUT2D eigenvalue weighted by Gasteiger charge is -2.18. The van der Waals surface area contributed by atoms with Gasteiger partial charge in [-0.3, -0.25) is 9.59 Å². The van der Waals surface area contributed by atoms with E-state index in [2.05, 4.69) is 10.5 Å². The molecule has 8 nitrogen and oxygen atoms in total. The maximum Gasteiger partial charge on any atom is 0.341 e. The van der Waals surface area contributed by atoms with Crippen LogP contribution in [0.15, 0.2) is 34.9 Å². The number of anilines is 1. The molecule has 2 amide bonds. The van der Waals surface area contributed by atoms with Crippen LogP contribution in [0.3, 0.4) is 0 Å². The van der Waals surface area contributed by atoms with Gasteiger partial charge < -0.3 is 19.5 Å². The second-order valence-corrected chi connectivity index (χ2v) is 8.26. The van der Waals surface area contributed by atoms with Gasteiger partial charge in [0.05, 0.1) is 17.0 Å². The van der Waals surface area contributed by atoms with Gasteiger partial charge in [-0.2, -0.15) is 0 Å². The molecule has 3 aromatic rings. The van der Waals surface area contributed by atoms with E-state index in [0.717, 1.165) is 16.9 Å². The Morgan fingerprint density at radius 1 is 1.06 bits per heavy atom. The Morgan fingerprint density at radius 2 is 1.73 bits per heavy atom. The number of aryl methyl sites for hydroxylation is 1. The quantitative estimate of drug-likeness (QED) is 0.469. The Kier molecular flexibility index (Phi) is 7.65. The van der Waals surface area contributed by atoms with Crippen LogP contribution >= 0.6 is 11.3 Å². The van der Waals surface area contributed by atoms with Gasteiger partial charge in [0.2, 0.25) is 0 Å². The molecule has 0 unspecified atom stereocenters. The minimum Gasteiger partial charge on any atom is -0.462 e. The van der Waals surface area contributed by atoms with Crippen molar-refractivity contribution in [3.63, 3.8) is 0 Å². The van der Waals surface area contributed by atoms with Crippen molar-refractivity contribution in [2.24, 2.45) is 0 Å². The Hall–Kier alpha value is -3.46. The zero-order valence-corrected chi connectivity index (χ0v) is 20.2. The fourth-order valence-corrected chi connectivity index (χ4v) is 4.67. The smallest absolute Gasteiger partial charge is 0.341 e. The predicted octanol–water partition coefficient (Wildman–Crippen LogP) is 4.93. The molecule has 0 radical (unpaired) electrons. The van der Waals surface area contributed by atoms with Gasteiger partial charge in [0.25, 0.3) is 11.8 Å². The summed E-state index contributed by atoms with van der Waals surface area (Å²) in [5, 5.41) is 7.11. The second-order valence-electron chi connectivity index (χ2n) is 7.24. The Labute approximate surface area is 196 Å². The summed E-state index contributed by atoms with van der Waals surface area (Å²) in [6.07, 6.45) is 0. The second kappa shape index (κ2) is 10.4.